The smallest absolute Gasteiger partial charge is 0.108 e. The number of aryl methyl sites for hydroxylation is 1. The number of hydrogen-bond donors (Lipinski definition) is 2. The Balaban J connectivity index is 2.21. The first-order valence-electron chi connectivity index (χ1n) is 5.10. The Bertz CT molecular complexity index is 468. The summed E-state index contributed by atoms with van der Waals surface area (Å²) in [6.45, 7) is 1.92. The number of halogens is 1. The standard InChI is InChI=1S/C12H13ClN2O/c1-8-3-2-4-9(12(8)13)10(16)7-11-14-5-6-15-11/h2-6,10,16H,7H2,1H3,(H,14,15). The van der Waals surface area contributed by atoms with Gasteiger partial charge in [-0.25, -0.2) is 4.98 Å². The van der Waals surface area contributed by atoms with Crippen LogP contribution in [0.3, 0.4) is 0 Å². The molecule has 0 aliphatic rings. The van der Waals surface area contributed by atoms with Crippen molar-refractivity contribution in [3.05, 3.63) is 52.6 Å². The van der Waals surface area contributed by atoms with Gasteiger partial charge < -0.3 is 10.1 Å². The number of benzene rings is 1. The van der Waals surface area contributed by atoms with E-state index in [0.29, 0.717) is 11.4 Å². The molecule has 84 valence electrons. The van der Waals surface area contributed by atoms with Gasteiger partial charge >= 0.3 is 0 Å². The van der Waals surface area contributed by atoms with Gasteiger partial charge in [-0.2, -0.15) is 0 Å². The summed E-state index contributed by atoms with van der Waals surface area (Å²) in [5.41, 5.74) is 1.72. The van der Waals surface area contributed by atoms with E-state index >= 15 is 0 Å². The first kappa shape index (κ1) is 11.2. The minimum absolute atomic E-state index is 0.441. The van der Waals surface area contributed by atoms with E-state index < -0.39 is 6.10 Å². The molecule has 0 aliphatic carbocycles. The molecule has 1 aromatic carbocycles. The maximum Gasteiger partial charge on any atom is 0.108 e. The molecule has 0 saturated carbocycles. The predicted octanol–water partition coefficient (Wildman–Crippen LogP) is 2.65. The Hall–Kier alpha value is -1.32. The molecule has 3 nitrogen and oxygen atoms in total. The molecule has 0 amide bonds. The normalized spacial score (nSPS) is 12.7. The van der Waals surface area contributed by atoms with Gasteiger partial charge in [-0.3, -0.25) is 0 Å². The first-order valence-corrected chi connectivity index (χ1v) is 5.47. The minimum atomic E-state index is -0.626. The number of H-pyrrole nitrogens is 1. The summed E-state index contributed by atoms with van der Waals surface area (Å²) in [6.07, 6.45) is 3.22. The average Bonchev–Trinajstić information content (AvgIpc) is 2.74. The van der Waals surface area contributed by atoms with Gasteiger partial charge in [-0.15, -0.1) is 0 Å². The summed E-state index contributed by atoms with van der Waals surface area (Å²) < 4.78 is 0. The number of aliphatic hydroxyl groups is 1. The maximum atomic E-state index is 10.1. The molecule has 0 fully saturated rings. The van der Waals surface area contributed by atoms with E-state index in [1.165, 1.54) is 0 Å². The maximum absolute atomic E-state index is 10.1. The van der Waals surface area contributed by atoms with Crippen LogP contribution in [0.5, 0.6) is 0 Å². The Labute approximate surface area is 99.1 Å². The van der Waals surface area contributed by atoms with Crippen molar-refractivity contribution in [3.8, 4) is 0 Å². The molecule has 0 aliphatic heterocycles. The summed E-state index contributed by atoms with van der Waals surface area (Å²) in [6, 6.07) is 5.65. The van der Waals surface area contributed by atoms with E-state index in [4.69, 9.17) is 11.6 Å². The highest BCUT2D eigenvalue weighted by Crippen LogP contribution is 2.27. The zero-order valence-corrected chi connectivity index (χ0v) is 9.70. The van der Waals surface area contributed by atoms with Crippen molar-refractivity contribution < 1.29 is 5.11 Å². The molecule has 1 unspecified atom stereocenters. The van der Waals surface area contributed by atoms with Crippen LogP contribution in [-0.4, -0.2) is 15.1 Å². The second kappa shape index (κ2) is 4.68. The highest BCUT2D eigenvalue weighted by atomic mass is 35.5. The topological polar surface area (TPSA) is 48.9 Å². The largest absolute Gasteiger partial charge is 0.388 e. The van der Waals surface area contributed by atoms with Crippen molar-refractivity contribution in [1.82, 2.24) is 9.97 Å². The third kappa shape index (κ3) is 2.26. The van der Waals surface area contributed by atoms with Crippen LogP contribution in [0.25, 0.3) is 0 Å². The summed E-state index contributed by atoms with van der Waals surface area (Å²) >= 11 is 6.14. The van der Waals surface area contributed by atoms with Crippen LogP contribution in [0.15, 0.2) is 30.6 Å². The van der Waals surface area contributed by atoms with Crippen molar-refractivity contribution in [2.45, 2.75) is 19.4 Å². The van der Waals surface area contributed by atoms with Gasteiger partial charge in [0, 0.05) is 23.8 Å². The molecule has 1 heterocycles. The van der Waals surface area contributed by atoms with Gasteiger partial charge in [-0.1, -0.05) is 29.8 Å². The first-order chi connectivity index (χ1) is 7.68. The van der Waals surface area contributed by atoms with Crippen molar-refractivity contribution in [1.29, 1.82) is 0 Å². The highest BCUT2D eigenvalue weighted by molar-refractivity contribution is 6.32. The second-order valence-electron chi connectivity index (χ2n) is 3.73. The third-order valence-electron chi connectivity index (χ3n) is 2.52. The van der Waals surface area contributed by atoms with E-state index in [9.17, 15) is 5.11 Å². The van der Waals surface area contributed by atoms with E-state index in [-0.39, 0.29) is 0 Å². The van der Waals surface area contributed by atoms with Gasteiger partial charge in [0.2, 0.25) is 0 Å². The number of aromatic amines is 1. The number of imidazole rings is 1. The number of nitrogens with zero attached hydrogens (tertiary/aromatic N) is 1. The zero-order valence-electron chi connectivity index (χ0n) is 8.94. The van der Waals surface area contributed by atoms with Crippen molar-refractivity contribution in [2.24, 2.45) is 0 Å². The van der Waals surface area contributed by atoms with E-state index in [1.54, 1.807) is 12.4 Å². The fourth-order valence-electron chi connectivity index (χ4n) is 1.63. The third-order valence-corrected chi connectivity index (χ3v) is 3.04. The van der Waals surface area contributed by atoms with E-state index in [2.05, 4.69) is 9.97 Å². The SMILES string of the molecule is Cc1cccc(C(O)Cc2ncc[nH]2)c1Cl. The number of aromatic nitrogens is 2. The Morgan fingerprint density at radius 1 is 1.50 bits per heavy atom. The quantitative estimate of drug-likeness (QED) is 0.861. The molecule has 1 aromatic heterocycles. The lowest BCUT2D eigenvalue weighted by Crippen LogP contribution is -2.04. The van der Waals surface area contributed by atoms with Gasteiger partial charge in [-0.05, 0) is 18.1 Å². The fourth-order valence-corrected chi connectivity index (χ4v) is 1.88. The number of nitrogens with one attached hydrogen (secondary N) is 1. The van der Waals surface area contributed by atoms with Crippen LogP contribution in [0, 0.1) is 6.92 Å². The number of aliphatic hydroxyl groups excluding tert-OH is 1. The molecule has 1 atom stereocenters. The molecule has 0 saturated heterocycles. The van der Waals surface area contributed by atoms with Crippen molar-refractivity contribution >= 4 is 11.6 Å². The number of rotatable bonds is 3. The molecular formula is C12H13ClN2O. The zero-order chi connectivity index (χ0) is 11.5. The molecule has 0 spiro atoms. The summed E-state index contributed by atoms with van der Waals surface area (Å²) in [4.78, 5) is 7.03. The molecule has 4 heteroatoms. The molecule has 2 aromatic rings. The lowest BCUT2D eigenvalue weighted by molar-refractivity contribution is 0.176. The fraction of sp³-hybridized carbons (Fsp3) is 0.250. The highest BCUT2D eigenvalue weighted by Gasteiger charge is 2.14. The molecule has 2 rings (SSSR count). The van der Waals surface area contributed by atoms with Crippen molar-refractivity contribution in [2.75, 3.05) is 0 Å². The average molecular weight is 237 g/mol. The van der Waals surface area contributed by atoms with Gasteiger partial charge in [0.15, 0.2) is 0 Å². The second-order valence-corrected chi connectivity index (χ2v) is 4.11. The van der Waals surface area contributed by atoms with Crippen LogP contribution in [0.2, 0.25) is 5.02 Å². The summed E-state index contributed by atoms with van der Waals surface area (Å²) in [5, 5.41) is 10.7. The van der Waals surface area contributed by atoms with E-state index in [1.807, 2.05) is 25.1 Å². The van der Waals surface area contributed by atoms with Crippen molar-refractivity contribution in [3.63, 3.8) is 0 Å². The van der Waals surface area contributed by atoms with Crippen LogP contribution in [-0.2, 0) is 6.42 Å². The van der Waals surface area contributed by atoms with Crippen LogP contribution >= 0.6 is 11.6 Å². The Morgan fingerprint density at radius 2 is 2.31 bits per heavy atom. The predicted molar refractivity (Wildman–Crippen MR) is 63.4 cm³/mol. The monoisotopic (exact) mass is 236 g/mol. The molecular weight excluding hydrogens is 224 g/mol. The van der Waals surface area contributed by atoms with Crippen LogP contribution in [0.4, 0.5) is 0 Å². The number of hydrogen-bond acceptors (Lipinski definition) is 2. The summed E-state index contributed by atoms with van der Waals surface area (Å²) in [5.74, 6) is 0.755. The lowest BCUT2D eigenvalue weighted by Gasteiger charge is -2.12. The van der Waals surface area contributed by atoms with Crippen LogP contribution in [0.1, 0.15) is 23.1 Å². The van der Waals surface area contributed by atoms with Gasteiger partial charge in [0.25, 0.3) is 0 Å². The van der Waals surface area contributed by atoms with Gasteiger partial charge in [0.1, 0.15) is 5.82 Å². The lowest BCUT2D eigenvalue weighted by atomic mass is 10.0. The van der Waals surface area contributed by atoms with Gasteiger partial charge in [0.05, 0.1) is 6.10 Å². The van der Waals surface area contributed by atoms with Crippen LogP contribution < -0.4 is 0 Å². The minimum Gasteiger partial charge on any atom is -0.388 e. The summed E-state index contributed by atoms with van der Waals surface area (Å²) in [7, 11) is 0. The molecule has 16 heavy (non-hydrogen) atoms. The molecule has 2 N–H and O–H groups in total. The van der Waals surface area contributed by atoms with E-state index in [0.717, 1.165) is 17.0 Å². The Morgan fingerprint density at radius 3 is 3.00 bits per heavy atom. The molecule has 0 bridgehead atoms. The molecule has 0 radical (unpaired) electrons. The Kier molecular flexibility index (Phi) is 3.27.